The van der Waals surface area contributed by atoms with E-state index in [2.05, 4.69) is 34.4 Å². The predicted molar refractivity (Wildman–Crippen MR) is 136 cm³/mol. The first kappa shape index (κ1) is 27.9. The van der Waals surface area contributed by atoms with Crippen molar-refractivity contribution in [1.82, 2.24) is 15.5 Å². The standard InChI is InChI=1S/C23H39FN4O2.HI/c1-6-30-21(17(2)3)9-12-26-23(25-4)27-19-10-13-28(14-11-19)16-18-7-8-22(29-5)20(24)15-18;/h7-8,15,17,19,21H,6,9-14,16H2,1-5H3,(H2,25,26,27);1H. The summed E-state index contributed by atoms with van der Waals surface area (Å²) in [7, 11) is 3.30. The molecule has 1 saturated heterocycles. The molecule has 1 atom stereocenters. The van der Waals surface area contributed by atoms with Crippen molar-refractivity contribution in [3.05, 3.63) is 29.6 Å². The van der Waals surface area contributed by atoms with Crippen LogP contribution in [0.2, 0.25) is 0 Å². The first-order chi connectivity index (χ1) is 14.5. The van der Waals surface area contributed by atoms with E-state index in [4.69, 9.17) is 9.47 Å². The molecule has 1 aromatic carbocycles. The second-order valence-electron chi connectivity index (χ2n) is 8.19. The van der Waals surface area contributed by atoms with Gasteiger partial charge in [-0.1, -0.05) is 19.9 Å². The number of nitrogens with one attached hydrogen (secondary N) is 2. The van der Waals surface area contributed by atoms with Gasteiger partial charge in [0, 0.05) is 45.9 Å². The normalized spacial score (nSPS) is 16.7. The molecule has 0 aliphatic carbocycles. The molecular weight excluding hydrogens is 510 g/mol. The lowest BCUT2D eigenvalue weighted by atomic mass is 10.0. The Morgan fingerprint density at radius 3 is 2.55 bits per heavy atom. The molecule has 6 nitrogen and oxygen atoms in total. The second kappa shape index (κ2) is 14.8. The number of hydrogen-bond acceptors (Lipinski definition) is 4. The molecule has 0 amide bonds. The lowest BCUT2D eigenvalue weighted by molar-refractivity contribution is 0.0258. The summed E-state index contributed by atoms with van der Waals surface area (Å²) in [6.45, 7) is 10.7. The predicted octanol–water partition coefficient (Wildman–Crippen LogP) is 4.03. The third-order valence-electron chi connectivity index (χ3n) is 5.62. The highest BCUT2D eigenvalue weighted by Crippen LogP contribution is 2.20. The van der Waals surface area contributed by atoms with Crippen molar-refractivity contribution < 1.29 is 13.9 Å². The first-order valence-electron chi connectivity index (χ1n) is 11.1. The number of nitrogens with zero attached hydrogens (tertiary/aromatic N) is 2. The van der Waals surface area contributed by atoms with E-state index < -0.39 is 0 Å². The van der Waals surface area contributed by atoms with Crippen LogP contribution in [0.25, 0.3) is 0 Å². The number of aliphatic imine (C=N–C) groups is 1. The van der Waals surface area contributed by atoms with Gasteiger partial charge >= 0.3 is 0 Å². The zero-order valence-electron chi connectivity index (χ0n) is 19.6. The molecule has 0 aromatic heterocycles. The van der Waals surface area contributed by atoms with Gasteiger partial charge < -0.3 is 20.1 Å². The number of guanidine groups is 1. The van der Waals surface area contributed by atoms with Gasteiger partial charge in [-0.2, -0.15) is 0 Å². The summed E-state index contributed by atoms with van der Waals surface area (Å²) in [5.41, 5.74) is 0.978. The lowest BCUT2D eigenvalue weighted by Gasteiger charge is -2.33. The number of ether oxygens (including phenoxy) is 2. The molecule has 0 radical (unpaired) electrons. The molecule has 2 N–H and O–H groups in total. The summed E-state index contributed by atoms with van der Waals surface area (Å²) >= 11 is 0. The third-order valence-corrected chi connectivity index (χ3v) is 5.62. The van der Waals surface area contributed by atoms with Gasteiger partial charge in [-0.3, -0.25) is 9.89 Å². The molecular formula is C23H40FIN4O2. The van der Waals surface area contributed by atoms with E-state index in [0.717, 1.165) is 63.6 Å². The Balaban J connectivity index is 0.00000480. The van der Waals surface area contributed by atoms with Crippen molar-refractivity contribution in [2.45, 2.75) is 58.7 Å². The Morgan fingerprint density at radius 2 is 2.00 bits per heavy atom. The fourth-order valence-corrected chi connectivity index (χ4v) is 3.85. The highest BCUT2D eigenvalue weighted by molar-refractivity contribution is 14.0. The van der Waals surface area contributed by atoms with Crippen LogP contribution in [-0.4, -0.2) is 63.4 Å². The molecule has 31 heavy (non-hydrogen) atoms. The summed E-state index contributed by atoms with van der Waals surface area (Å²) < 4.78 is 24.7. The van der Waals surface area contributed by atoms with Gasteiger partial charge in [0.1, 0.15) is 0 Å². The number of benzene rings is 1. The van der Waals surface area contributed by atoms with E-state index in [9.17, 15) is 4.39 Å². The summed E-state index contributed by atoms with van der Waals surface area (Å²) in [4.78, 5) is 6.74. The minimum Gasteiger partial charge on any atom is -0.494 e. The highest BCUT2D eigenvalue weighted by atomic mass is 127. The molecule has 1 aromatic rings. The first-order valence-corrected chi connectivity index (χ1v) is 11.1. The van der Waals surface area contributed by atoms with Crippen molar-refractivity contribution in [3.63, 3.8) is 0 Å². The maximum absolute atomic E-state index is 13.9. The summed E-state index contributed by atoms with van der Waals surface area (Å²) in [6, 6.07) is 5.60. The Morgan fingerprint density at radius 1 is 1.29 bits per heavy atom. The van der Waals surface area contributed by atoms with Crippen LogP contribution in [0.15, 0.2) is 23.2 Å². The SMILES string of the molecule is CCOC(CCNC(=NC)NC1CCN(Cc2ccc(OC)c(F)c2)CC1)C(C)C.I. The van der Waals surface area contributed by atoms with Crippen molar-refractivity contribution in [1.29, 1.82) is 0 Å². The number of halogens is 2. The van der Waals surface area contributed by atoms with E-state index in [1.807, 2.05) is 20.0 Å². The molecule has 8 heteroatoms. The van der Waals surface area contributed by atoms with Gasteiger partial charge in [0.25, 0.3) is 0 Å². The van der Waals surface area contributed by atoms with Crippen molar-refractivity contribution in [2.24, 2.45) is 10.9 Å². The highest BCUT2D eigenvalue weighted by Gasteiger charge is 2.21. The molecule has 1 unspecified atom stereocenters. The molecule has 0 saturated carbocycles. The number of likely N-dealkylation sites (tertiary alicyclic amines) is 1. The Hall–Kier alpha value is -1.13. The minimum atomic E-state index is -0.300. The molecule has 1 fully saturated rings. The van der Waals surface area contributed by atoms with Crippen LogP contribution in [0, 0.1) is 11.7 Å². The zero-order valence-corrected chi connectivity index (χ0v) is 21.9. The number of piperidine rings is 1. The van der Waals surface area contributed by atoms with Gasteiger partial charge in [0.2, 0.25) is 0 Å². The summed E-state index contributed by atoms with van der Waals surface area (Å²) in [6.07, 6.45) is 3.30. The van der Waals surface area contributed by atoms with Crippen molar-refractivity contribution in [3.8, 4) is 5.75 Å². The summed E-state index contributed by atoms with van der Waals surface area (Å²) in [5, 5.41) is 6.96. The van der Waals surface area contributed by atoms with Gasteiger partial charge in [0.15, 0.2) is 17.5 Å². The summed E-state index contributed by atoms with van der Waals surface area (Å²) in [5.74, 6) is 1.35. The number of methoxy groups -OCH3 is 1. The maximum atomic E-state index is 13.9. The average Bonchev–Trinajstić information content (AvgIpc) is 2.73. The van der Waals surface area contributed by atoms with Crippen LogP contribution in [0.1, 0.15) is 45.6 Å². The van der Waals surface area contributed by atoms with Gasteiger partial charge in [-0.05, 0) is 49.8 Å². The Bertz CT molecular complexity index is 667. The van der Waals surface area contributed by atoms with Gasteiger partial charge in [-0.25, -0.2) is 4.39 Å². The maximum Gasteiger partial charge on any atom is 0.191 e. The topological polar surface area (TPSA) is 58.1 Å². The minimum absolute atomic E-state index is 0. The third kappa shape index (κ3) is 9.49. The molecule has 0 spiro atoms. The van der Waals surface area contributed by atoms with Crippen LogP contribution < -0.4 is 15.4 Å². The molecule has 1 aliphatic heterocycles. The van der Waals surface area contributed by atoms with Gasteiger partial charge in [-0.15, -0.1) is 24.0 Å². The lowest BCUT2D eigenvalue weighted by Crippen LogP contribution is -2.49. The molecule has 2 rings (SSSR count). The molecule has 1 heterocycles. The van der Waals surface area contributed by atoms with E-state index in [1.165, 1.54) is 7.11 Å². The molecule has 1 aliphatic rings. The second-order valence-corrected chi connectivity index (χ2v) is 8.19. The monoisotopic (exact) mass is 550 g/mol. The van der Waals surface area contributed by atoms with E-state index in [0.29, 0.717) is 17.7 Å². The largest absolute Gasteiger partial charge is 0.494 e. The fourth-order valence-electron chi connectivity index (χ4n) is 3.85. The Labute approximate surface area is 204 Å². The van der Waals surface area contributed by atoms with Crippen LogP contribution in [0.4, 0.5) is 4.39 Å². The van der Waals surface area contributed by atoms with Crippen LogP contribution in [0.3, 0.4) is 0 Å². The van der Waals surface area contributed by atoms with Crippen molar-refractivity contribution in [2.75, 3.05) is 40.4 Å². The average molecular weight is 551 g/mol. The fraction of sp³-hybridized carbons (Fsp3) is 0.696. The van der Waals surface area contributed by atoms with Crippen LogP contribution in [0.5, 0.6) is 5.75 Å². The quantitative estimate of drug-likeness (QED) is 0.262. The number of rotatable bonds is 10. The zero-order chi connectivity index (χ0) is 21.9. The smallest absolute Gasteiger partial charge is 0.191 e. The van der Waals surface area contributed by atoms with Crippen LogP contribution in [-0.2, 0) is 11.3 Å². The molecule has 0 bridgehead atoms. The molecule has 178 valence electrons. The van der Waals surface area contributed by atoms with Gasteiger partial charge in [0.05, 0.1) is 13.2 Å². The van der Waals surface area contributed by atoms with E-state index >= 15 is 0 Å². The van der Waals surface area contributed by atoms with E-state index in [-0.39, 0.29) is 35.9 Å². The van der Waals surface area contributed by atoms with Crippen LogP contribution >= 0.6 is 24.0 Å². The van der Waals surface area contributed by atoms with Crippen molar-refractivity contribution >= 4 is 29.9 Å². The Kier molecular flexibility index (Phi) is 13.4. The van der Waals surface area contributed by atoms with E-state index in [1.54, 1.807) is 12.1 Å². The number of hydrogen-bond donors (Lipinski definition) is 2.